The van der Waals surface area contributed by atoms with Crippen molar-refractivity contribution in [1.29, 1.82) is 0 Å². The number of hydrogen-bond acceptors (Lipinski definition) is 5. The maximum atomic E-state index is 11.7. The van der Waals surface area contributed by atoms with Gasteiger partial charge in [-0.25, -0.2) is 5.43 Å². The molecule has 0 unspecified atom stereocenters. The number of carbonyl (C=O) groups is 1. The maximum Gasteiger partial charge on any atom is 0.267 e. The fourth-order valence-corrected chi connectivity index (χ4v) is 1.70. The molecule has 0 saturated heterocycles. The third-order valence-electron chi connectivity index (χ3n) is 2.83. The first-order valence-corrected chi connectivity index (χ1v) is 6.07. The van der Waals surface area contributed by atoms with Gasteiger partial charge in [0.2, 0.25) is 5.91 Å². The number of phenolic OH excluding ortho intramolecular Hbond substituents is 2. The van der Waals surface area contributed by atoms with Crippen molar-refractivity contribution in [2.75, 3.05) is 0 Å². The van der Waals surface area contributed by atoms with Gasteiger partial charge in [-0.2, -0.15) is 5.10 Å². The molecule has 0 aliphatic carbocycles. The van der Waals surface area contributed by atoms with Crippen molar-refractivity contribution in [2.45, 2.75) is 13.3 Å². The van der Waals surface area contributed by atoms with E-state index in [2.05, 4.69) is 20.7 Å². The van der Waals surface area contributed by atoms with Crippen LogP contribution in [0, 0.1) is 6.92 Å². The molecule has 1 amide bonds. The van der Waals surface area contributed by atoms with Crippen LogP contribution in [0.4, 0.5) is 0 Å². The Labute approximate surface area is 119 Å². The van der Waals surface area contributed by atoms with E-state index >= 15 is 0 Å². The lowest BCUT2D eigenvalue weighted by Crippen LogP contribution is -2.23. The number of aromatic nitrogens is 2. The molecule has 0 aliphatic rings. The molecule has 8 heteroatoms. The van der Waals surface area contributed by atoms with Crippen molar-refractivity contribution in [1.82, 2.24) is 15.6 Å². The molecule has 2 aromatic rings. The van der Waals surface area contributed by atoms with E-state index in [1.807, 2.05) is 0 Å². The zero-order chi connectivity index (χ0) is 15.4. The number of carbonyl (C=O) groups excluding carboxylic acids is 1. The Kier molecular flexibility index (Phi) is 4.07. The van der Waals surface area contributed by atoms with Crippen LogP contribution in [0.1, 0.15) is 16.8 Å². The fourth-order valence-electron chi connectivity index (χ4n) is 1.70. The minimum absolute atomic E-state index is 0.0733. The molecule has 0 fully saturated rings. The van der Waals surface area contributed by atoms with Gasteiger partial charge < -0.3 is 15.3 Å². The molecule has 0 bridgehead atoms. The summed E-state index contributed by atoms with van der Waals surface area (Å²) in [6, 6.07) is 3.98. The molecular formula is C13H14N4O4. The Balaban J connectivity index is 1.98. The highest BCUT2D eigenvalue weighted by Crippen LogP contribution is 2.20. The number of nitrogens with zero attached hydrogens (tertiary/aromatic N) is 1. The molecule has 0 saturated carbocycles. The maximum absolute atomic E-state index is 11.7. The topological polar surface area (TPSA) is 131 Å². The summed E-state index contributed by atoms with van der Waals surface area (Å²) in [4.78, 5) is 23.0. The summed E-state index contributed by atoms with van der Waals surface area (Å²) < 4.78 is 0. The number of hydrogen-bond donors (Lipinski definition) is 5. The van der Waals surface area contributed by atoms with Crippen LogP contribution in [0.5, 0.6) is 11.5 Å². The quantitative estimate of drug-likeness (QED) is 0.404. The Hall–Kier alpha value is -3.03. The summed E-state index contributed by atoms with van der Waals surface area (Å²) in [5.74, 6) is -0.695. The van der Waals surface area contributed by atoms with Gasteiger partial charge in [0.05, 0.1) is 12.6 Å². The van der Waals surface area contributed by atoms with Gasteiger partial charge in [-0.3, -0.25) is 14.7 Å². The number of hydrazone groups is 1. The van der Waals surface area contributed by atoms with Crippen LogP contribution < -0.4 is 11.0 Å². The van der Waals surface area contributed by atoms with E-state index in [1.165, 1.54) is 18.3 Å². The molecule has 0 atom stereocenters. The highest BCUT2D eigenvalue weighted by Gasteiger charge is 2.10. The van der Waals surface area contributed by atoms with E-state index in [-0.39, 0.29) is 23.5 Å². The van der Waals surface area contributed by atoms with Crippen LogP contribution in [0.25, 0.3) is 0 Å². The molecular weight excluding hydrogens is 276 g/mol. The summed E-state index contributed by atoms with van der Waals surface area (Å²) in [6.07, 6.45) is 1.13. The number of rotatable bonds is 4. The van der Waals surface area contributed by atoms with E-state index in [0.717, 1.165) is 6.07 Å². The standard InChI is InChI=1S/C13H14N4O4/c1-7-10(13(21)17-15-7)5-12(20)16-14-6-8-2-3-9(18)4-11(8)19/h2-4,6,18-19H,5H2,1H3,(H,16,20)(H2,15,17,21)/b14-6-. The number of aromatic hydroxyl groups is 2. The molecule has 5 N–H and O–H groups in total. The molecule has 21 heavy (non-hydrogen) atoms. The fraction of sp³-hybridized carbons (Fsp3) is 0.154. The third-order valence-corrected chi connectivity index (χ3v) is 2.83. The molecule has 0 radical (unpaired) electrons. The van der Waals surface area contributed by atoms with Crippen molar-refractivity contribution >= 4 is 12.1 Å². The molecule has 1 aromatic carbocycles. The second-order valence-electron chi connectivity index (χ2n) is 4.40. The van der Waals surface area contributed by atoms with Crippen molar-refractivity contribution < 1.29 is 15.0 Å². The second-order valence-corrected chi connectivity index (χ2v) is 4.40. The van der Waals surface area contributed by atoms with Crippen LogP contribution >= 0.6 is 0 Å². The largest absolute Gasteiger partial charge is 0.508 e. The predicted molar refractivity (Wildman–Crippen MR) is 75.4 cm³/mol. The monoisotopic (exact) mass is 290 g/mol. The lowest BCUT2D eigenvalue weighted by atomic mass is 10.2. The van der Waals surface area contributed by atoms with Crippen LogP contribution in [-0.2, 0) is 11.2 Å². The van der Waals surface area contributed by atoms with Crippen LogP contribution in [-0.4, -0.2) is 32.5 Å². The molecule has 1 heterocycles. The normalized spacial score (nSPS) is 10.9. The van der Waals surface area contributed by atoms with E-state index < -0.39 is 5.91 Å². The molecule has 0 aliphatic heterocycles. The van der Waals surface area contributed by atoms with E-state index in [9.17, 15) is 14.7 Å². The number of aromatic amines is 2. The number of H-pyrrole nitrogens is 2. The first-order chi connectivity index (χ1) is 9.97. The lowest BCUT2D eigenvalue weighted by Gasteiger charge is -2.00. The van der Waals surface area contributed by atoms with Crippen molar-refractivity contribution in [2.24, 2.45) is 5.10 Å². The molecule has 0 spiro atoms. The van der Waals surface area contributed by atoms with Crippen LogP contribution in [0.3, 0.4) is 0 Å². The minimum Gasteiger partial charge on any atom is -0.508 e. The average molecular weight is 290 g/mol. The van der Waals surface area contributed by atoms with Crippen molar-refractivity contribution in [3.8, 4) is 11.5 Å². The Bertz CT molecular complexity index is 745. The summed E-state index contributed by atoms with van der Waals surface area (Å²) >= 11 is 0. The molecule has 8 nitrogen and oxygen atoms in total. The first-order valence-electron chi connectivity index (χ1n) is 6.07. The number of benzene rings is 1. The minimum atomic E-state index is -0.460. The Morgan fingerprint density at radius 2 is 2.14 bits per heavy atom. The number of aryl methyl sites for hydroxylation is 1. The zero-order valence-electron chi connectivity index (χ0n) is 11.2. The van der Waals surface area contributed by atoms with E-state index in [4.69, 9.17) is 5.11 Å². The Morgan fingerprint density at radius 1 is 1.38 bits per heavy atom. The first kappa shape index (κ1) is 14.4. The third kappa shape index (κ3) is 3.50. The smallest absolute Gasteiger partial charge is 0.267 e. The highest BCUT2D eigenvalue weighted by molar-refractivity contribution is 5.85. The summed E-state index contributed by atoms with van der Waals surface area (Å²) in [5, 5.41) is 27.3. The van der Waals surface area contributed by atoms with Gasteiger partial charge in [-0.15, -0.1) is 0 Å². The highest BCUT2D eigenvalue weighted by atomic mass is 16.3. The average Bonchev–Trinajstić information content (AvgIpc) is 2.73. The summed E-state index contributed by atoms with van der Waals surface area (Å²) in [7, 11) is 0. The van der Waals surface area contributed by atoms with Gasteiger partial charge in [0.1, 0.15) is 11.5 Å². The number of amides is 1. The van der Waals surface area contributed by atoms with Gasteiger partial charge >= 0.3 is 0 Å². The molecule has 1 aromatic heterocycles. The predicted octanol–water partition coefficient (Wildman–Crippen LogP) is 0.115. The lowest BCUT2D eigenvalue weighted by molar-refractivity contribution is -0.120. The van der Waals surface area contributed by atoms with E-state index in [0.29, 0.717) is 16.8 Å². The van der Waals surface area contributed by atoms with Crippen LogP contribution in [0.15, 0.2) is 28.1 Å². The summed E-state index contributed by atoms with van der Waals surface area (Å²) in [6.45, 7) is 1.68. The number of phenols is 2. The van der Waals surface area contributed by atoms with Gasteiger partial charge in [-0.05, 0) is 19.1 Å². The van der Waals surface area contributed by atoms with Gasteiger partial charge in [0, 0.05) is 22.9 Å². The van der Waals surface area contributed by atoms with Crippen molar-refractivity contribution in [3.05, 3.63) is 45.4 Å². The molecule has 110 valence electrons. The van der Waals surface area contributed by atoms with Gasteiger partial charge in [0.25, 0.3) is 5.56 Å². The zero-order valence-corrected chi connectivity index (χ0v) is 11.2. The van der Waals surface area contributed by atoms with E-state index in [1.54, 1.807) is 6.92 Å². The number of nitrogens with one attached hydrogen (secondary N) is 3. The van der Waals surface area contributed by atoms with Crippen molar-refractivity contribution in [3.63, 3.8) is 0 Å². The van der Waals surface area contributed by atoms with Gasteiger partial charge in [-0.1, -0.05) is 0 Å². The SMILES string of the molecule is Cc1[nH][nH]c(=O)c1CC(=O)N/N=C\c1ccc(O)cc1O. The molecule has 2 rings (SSSR count). The summed E-state index contributed by atoms with van der Waals surface area (Å²) in [5.41, 5.74) is 3.18. The second kappa shape index (κ2) is 5.95. The van der Waals surface area contributed by atoms with Crippen LogP contribution in [0.2, 0.25) is 0 Å². The Morgan fingerprint density at radius 3 is 2.76 bits per heavy atom. The van der Waals surface area contributed by atoms with Gasteiger partial charge in [0.15, 0.2) is 0 Å².